The van der Waals surface area contributed by atoms with Crippen LogP contribution in [0, 0.1) is 0 Å². The van der Waals surface area contributed by atoms with E-state index in [1.54, 1.807) is 0 Å². The first kappa shape index (κ1) is 16.9. The van der Waals surface area contributed by atoms with E-state index < -0.39 is 0 Å². The Labute approximate surface area is 153 Å². The largest absolute Gasteiger partial charge is 0.345 e. The Hall–Kier alpha value is -1.53. The second kappa shape index (κ2) is 7.38. The fraction of sp³-hybridized carbons (Fsp3) is 0.579. The van der Waals surface area contributed by atoms with Crippen LogP contribution in [0.2, 0.25) is 0 Å². The quantitative estimate of drug-likeness (QED) is 0.896. The van der Waals surface area contributed by atoms with Crippen molar-refractivity contribution < 1.29 is 9.59 Å². The molecule has 25 heavy (non-hydrogen) atoms. The van der Waals surface area contributed by atoms with Gasteiger partial charge in [-0.1, -0.05) is 18.2 Å². The van der Waals surface area contributed by atoms with Gasteiger partial charge in [0.25, 0.3) is 5.91 Å². The van der Waals surface area contributed by atoms with Gasteiger partial charge in [-0.25, -0.2) is 0 Å². The summed E-state index contributed by atoms with van der Waals surface area (Å²) in [7, 11) is 0. The standard InChI is InChI=1S/C19H25N3O2S/c23-18(13-17-15-3-1-2-4-16(15)19(24)20-17)22-9-7-21(8-10-22)14-5-11-25-12-6-14/h1-4,14,17H,5-13H2,(H,20,24)/t17-/m0/s1. The number of rotatable bonds is 3. The molecule has 2 amide bonds. The van der Waals surface area contributed by atoms with Gasteiger partial charge < -0.3 is 10.2 Å². The van der Waals surface area contributed by atoms with E-state index in [9.17, 15) is 9.59 Å². The van der Waals surface area contributed by atoms with E-state index in [1.165, 1.54) is 24.3 Å². The highest BCUT2D eigenvalue weighted by molar-refractivity contribution is 7.99. The van der Waals surface area contributed by atoms with Crippen molar-refractivity contribution >= 4 is 23.6 Å². The minimum Gasteiger partial charge on any atom is -0.345 e. The maximum atomic E-state index is 12.7. The van der Waals surface area contributed by atoms with Gasteiger partial charge in [0.2, 0.25) is 5.91 Å². The van der Waals surface area contributed by atoms with Gasteiger partial charge >= 0.3 is 0 Å². The van der Waals surface area contributed by atoms with Crippen LogP contribution in [0.3, 0.4) is 0 Å². The number of fused-ring (bicyclic) bond motifs is 1. The summed E-state index contributed by atoms with van der Waals surface area (Å²) in [6.45, 7) is 3.58. The molecule has 3 aliphatic rings. The van der Waals surface area contributed by atoms with Crippen LogP contribution in [-0.2, 0) is 4.79 Å². The van der Waals surface area contributed by atoms with Crippen molar-refractivity contribution in [1.82, 2.24) is 15.1 Å². The number of amides is 2. The van der Waals surface area contributed by atoms with E-state index in [2.05, 4.69) is 22.0 Å². The Kier molecular flexibility index (Phi) is 4.99. The predicted molar refractivity (Wildman–Crippen MR) is 99.8 cm³/mol. The molecule has 1 atom stereocenters. The normalized spacial score (nSPS) is 24.9. The SMILES string of the molecule is O=C1N[C@@H](CC(=O)N2CCN(C3CCSCC3)CC2)c2ccccc21. The Morgan fingerprint density at radius 2 is 1.84 bits per heavy atom. The molecule has 6 heteroatoms. The zero-order valence-corrected chi connectivity index (χ0v) is 15.3. The maximum Gasteiger partial charge on any atom is 0.252 e. The molecule has 3 aliphatic heterocycles. The summed E-state index contributed by atoms with van der Waals surface area (Å²) in [5, 5.41) is 2.95. The number of piperazine rings is 1. The molecule has 0 aliphatic carbocycles. The third-order valence-corrected chi connectivity index (χ3v) is 6.69. The average Bonchev–Trinajstić information content (AvgIpc) is 2.98. The van der Waals surface area contributed by atoms with Crippen LogP contribution in [-0.4, -0.2) is 65.3 Å². The summed E-state index contributed by atoms with van der Waals surface area (Å²) in [4.78, 5) is 29.3. The lowest BCUT2D eigenvalue weighted by Crippen LogP contribution is -2.52. The fourth-order valence-corrected chi connectivity index (χ4v) is 5.25. The summed E-state index contributed by atoms with van der Waals surface area (Å²) >= 11 is 2.05. The molecule has 2 saturated heterocycles. The number of nitrogens with zero attached hydrogens (tertiary/aromatic N) is 2. The van der Waals surface area contributed by atoms with Crippen LogP contribution in [0.25, 0.3) is 0 Å². The summed E-state index contributed by atoms with van der Waals surface area (Å²) in [5.74, 6) is 2.63. The molecular formula is C19H25N3O2S. The smallest absolute Gasteiger partial charge is 0.252 e. The van der Waals surface area contributed by atoms with Gasteiger partial charge in [-0.05, 0) is 36.0 Å². The van der Waals surface area contributed by atoms with Crippen molar-refractivity contribution in [3.05, 3.63) is 35.4 Å². The van der Waals surface area contributed by atoms with Crippen molar-refractivity contribution in [3.8, 4) is 0 Å². The van der Waals surface area contributed by atoms with Crippen molar-refractivity contribution in [3.63, 3.8) is 0 Å². The van der Waals surface area contributed by atoms with E-state index in [-0.39, 0.29) is 17.9 Å². The third-order valence-electron chi connectivity index (χ3n) is 5.64. The van der Waals surface area contributed by atoms with E-state index in [4.69, 9.17) is 0 Å². The van der Waals surface area contributed by atoms with Crippen LogP contribution >= 0.6 is 11.8 Å². The van der Waals surface area contributed by atoms with E-state index in [0.29, 0.717) is 18.0 Å². The van der Waals surface area contributed by atoms with Crippen molar-refractivity contribution in [2.45, 2.75) is 31.3 Å². The summed E-state index contributed by atoms with van der Waals surface area (Å²) < 4.78 is 0. The molecule has 5 nitrogen and oxygen atoms in total. The molecule has 0 saturated carbocycles. The van der Waals surface area contributed by atoms with E-state index >= 15 is 0 Å². The number of hydrogen-bond donors (Lipinski definition) is 1. The van der Waals surface area contributed by atoms with Crippen LogP contribution in [0.1, 0.15) is 41.2 Å². The summed E-state index contributed by atoms with van der Waals surface area (Å²) in [6, 6.07) is 8.10. The maximum absolute atomic E-state index is 12.7. The van der Waals surface area contributed by atoms with Crippen LogP contribution < -0.4 is 5.32 Å². The Balaban J connectivity index is 1.32. The number of thioether (sulfide) groups is 1. The lowest BCUT2D eigenvalue weighted by Gasteiger charge is -2.40. The van der Waals surface area contributed by atoms with Crippen LogP contribution in [0.15, 0.2) is 24.3 Å². The predicted octanol–water partition coefficient (Wildman–Crippen LogP) is 1.90. The number of carbonyl (C=O) groups is 2. The molecule has 1 aromatic carbocycles. The lowest BCUT2D eigenvalue weighted by molar-refractivity contribution is -0.133. The molecule has 4 rings (SSSR count). The molecule has 0 bridgehead atoms. The number of benzene rings is 1. The zero-order valence-electron chi connectivity index (χ0n) is 14.4. The highest BCUT2D eigenvalue weighted by atomic mass is 32.2. The molecule has 3 heterocycles. The molecule has 1 aromatic rings. The Bertz CT molecular complexity index is 652. The average molecular weight is 359 g/mol. The first-order valence-corrected chi connectivity index (χ1v) is 10.4. The highest BCUT2D eigenvalue weighted by Crippen LogP contribution is 2.28. The molecule has 0 spiro atoms. The van der Waals surface area contributed by atoms with Gasteiger partial charge in [0, 0.05) is 37.8 Å². The van der Waals surface area contributed by atoms with E-state index in [1.807, 2.05) is 29.2 Å². The van der Waals surface area contributed by atoms with Gasteiger partial charge in [0.1, 0.15) is 0 Å². The second-order valence-electron chi connectivity index (χ2n) is 7.08. The van der Waals surface area contributed by atoms with Crippen molar-refractivity contribution in [2.24, 2.45) is 0 Å². The summed E-state index contributed by atoms with van der Waals surface area (Å²) in [6.07, 6.45) is 2.93. The minimum atomic E-state index is -0.176. The molecule has 1 N–H and O–H groups in total. The number of hydrogen-bond acceptors (Lipinski definition) is 4. The topological polar surface area (TPSA) is 52.7 Å². The lowest BCUT2D eigenvalue weighted by atomic mass is 10.0. The molecule has 2 fully saturated rings. The van der Waals surface area contributed by atoms with Crippen LogP contribution in [0.5, 0.6) is 0 Å². The number of carbonyl (C=O) groups excluding carboxylic acids is 2. The van der Waals surface area contributed by atoms with Gasteiger partial charge in [0.15, 0.2) is 0 Å². The molecule has 0 aromatic heterocycles. The second-order valence-corrected chi connectivity index (χ2v) is 8.30. The van der Waals surface area contributed by atoms with Crippen LogP contribution in [0.4, 0.5) is 0 Å². The van der Waals surface area contributed by atoms with Crippen molar-refractivity contribution in [2.75, 3.05) is 37.7 Å². The van der Waals surface area contributed by atoms with Gasteiger partial charge in [-0.15, -0.1) is 0 Å². The Morgan fingerprint density at radius 3 is 2.60 bits per heavy atom. The first-order valence-electron chi connectivity index (χ1n) is 9.22. The first-order chi connectivity index (χ1) is 12.2. The molecular weight excluding hydrogens is 334 g/mol. The van der Waals surface area contributed by atoms with Gasteiger partial charge in [-0.2, -0.15) is 11.8 Å². The zero-order chi connectivity index (χ0) is 17.2. The molecule has 0 radical (unpaired) electrons. The monoisotopic (exact) mass is 359 g/mol. The van der Waals surface area contributed by atoms with E-state index in [0.717, 1.165) is 31.7 Å². The summed E-state index contributed by atoms with van der Waals surface area (Å²) in [5.41, 5.74) is 1.67. The third kappa shape index (κ3) is 3.55. The highest BCUT2D eigenvalue weighted by Gasteiger charge is 2.32. The number of nitrogens with one attached hydrogen (secondary N) is 1. The van der Waals surface area contributed by atoms with Crippen molar-refractivity contribution in [1.29, 1.82) is 0 Å². The Morgan fingerprint density at radius 1 is 1.12 bits per heavy atom. The molecule has 134 valence electrons. The fourth-order valence-electron chi connectivity index (χ4n) is 4.17. The minimum absolute atomic E-state index is 0.0617. The molecule has 0 unspecified atom stereocenters. The van der Waals surface area contributed by atoms with Gasteiger partial charge in [0.05, 0.1) is 12.5 Å². The van der Waals surface area contributed by atoms with Gasteiger partial charge in [-0.3, -0.25) is 14.5 Å².